The van der Waals surface area contributed by atoms with Crippen LogP contribution in [0.25, 0.3) is 10.9 Å². The number of para-hydroxylation sites is 1. The van der Waals surface area contributed by atoms with Crippen molar-refractivity contribution in [2.75, 3.05) is 6.54 Å². The Morgan fingerprint density at radius 1 is 1.29 bits per heavy atom. The Morgan fingerprint density at radius 3 is 2.81 bits per heavy atom. The lowest BCUT2D eigenvalue weighted by Gasteiger charge is -2.17. The van der Waals surface area contributed by atoms with Gasteiger partial charge in [-0.25, -0.2) is 0 Å². The number of nitrogens with zero attached hydrogens (tertiary/aromatic N) is 2. The van der Waals surface area contributed by atoms with Gasteiger partial charge in [-0.1, -0.05) is 25.1 Å². The minimum atomic E-state index is 0.169. The molecule has 0 spiro atoms. The van der Waals surface area contributed by atoms with Crippen LogP contribution < -0.4 is 5.32 Å². The molecule has 2 heterocycles. The molecule has 0 aliphatic heterocycles. The van der Waals surface area contributed by atoms with Gasteiger partial charge in [0.25, 0.3) is 0 Å². The van der Waals surface area contributed by atoms with E-state index < -0.39 is 0 Å². The van der Waals surface area contributed by atoms with Gasteiger partial charge < -0.3 is 5.32 Å². The Balaban J connectivity index is 2.12. The highest BCUT2D eigenvalue weighted by Gasteiger charge is 2.22. The van der Waals surface area contributed by atoms with Crippen molar-refractivity contribution in [3.63, 3.8) is 0 Å². The SMILES string of the molecule is CCCNC(c1ccsc1C)c1nn(C)c2ccccc12. The molecule has 0 aliphatic carbocycles. The Bertz CT molecular complexity index is 741. The molecule has 1 N–H and O–H groups in total. The van der Waals surface area contributed by atoms with Crippen LogP contribution in [0.3, 0.4) is 0 Å². The van der Waals surface area contributed by atoms with E-state index in [0.717, 1.165) is 18.7 Å². The van der Waals surface area contributed by atoms with Gasteiger partial charge in [0.1, 0.15) is 0 Å². The van der Waals surface area contributed by atoms with Crippen molar-refractivity contribution in [1.82, 2.24) is 15.1 Å². The maximum absolute atomic E-state index is 4.80. The highest BCUT2D eigenvalue weighted by Crippen LogP contribution is 2.31. The molecule has 0 amide bonds. The second kappa shape index (κ2) is 6.00. The first-order chi connectivity index (χ1) is 10.2. The predicted molar refractivity (Wildman–Crippen MR) is 89.9 cm³/mol. The quantitative estimate of drug-likeness (QED) is 0.771. The maximum Gasteiger partial charge on any atom is 0.0918 e. The number of benzene rings is 1. The van der Waals surface area contributed by atoms with Gasteiger partial charge in [0.05, 0.1) is 17.3 Å². The van der Waals surface area contributed by atoms with E-state index in [1.807, 2.05) is 11.7 Å². The molecule has 110 valence electrons. The van der Waals surface area contributed by atoms with Gasteiger partial charge in [0.15, 0.2) is 0 Å². The van der Waals surface area contributed by atoms with E-state index in [2.05, 4.69) is 54.9 Å². The Labute approximate surface area is 129 Å². The van der Waals surface area contributed by atoms with Gasteiger partial charge in [-0.05, 0) is 43.0 Å². The predicted octanol–water partition coefficient (Wildman–Crippen LogP) is 4.03. The molecule has 3 rings (SSSR count). The summed E-state index contributed by atoms with van der Waals surface area (Å²) in [7, 11) is 2.02. The minimum absolute atomic E-state index is 0.169. The molecule has 1 aromatic carbocycles. The van der Waals surface area contributed by atoms with Crippen molar-refractivity contribution in [3.05, 3.63) is 51.8 Å². The highest BCUT2D eigenvalue weighted by molar-refractivity contribution is 7.10. The standard InChI is InChI=1S/C17H21N3S/c1-4-10-18-16(13-9-11-21-12(13)2)17-14-7-5-6-8-15(14)20(3)19-17/h5-9,11,16,18H,4,10H2,1-3H3. The monoisotopic (exact) mass is 299 g/mol. The first-order valence-corrected chi connectivity index (χ1v) is 8.29. The maximum atomic E-state index is 4.80. The molecule has 4 heteroatoms. The molecule has 3 nitrogen and oxygen atoms in total. The third kappa shape index (κ3) is 2.61. The smallest absolute Gasteiger partial charge is 0.0918 e. The summed E-state index contributed by atoms with van der Waals surface area (Å²) in [5.74, 6) is 0. The van der Waals surface area contributed by atoms with Crippen molar-refractivity contribution in [2.45, 2.75) is 26.3 Å². The number of thiophene rings is 1. The third-order valence-corrected chi connectivity index (χ3v) is 4.73. The number of aromatic nitrogens is 2. The topological polar surface area (TPSA) is 29.9 Å². The molecular formula is C17H21N3S. The van der Waals surface area contributed by atoms with Crippen molar-refractivity contribution in [3.8, 4) is 0 Å². The van der Waals surface area contributed by atoms with Gasteiger partial charge in [0, 0.05) is 17.3 Å². The average Bonchev–Trinajstić information content (AvgIpc) is 3.06. The van der Waals surface area contributed by atoms with Gasteiger partial charge in [-0.2, -0.15) is 5.10 Å². The summed E-state index contributed by atoms with van der Waals surface area (Å²) < 4.78 is 1.98. The number of nitrogens with one attached hydrogen (secondary N) is 1. The van der Waals surface area contributed by atoms with Gasteiger partial charge in [-0.15, -0.1) is 11.3 Å². The number of hydrogen-bond donors (Lipinski definition) is 1. The van der Waals surface area contributed by atoms with Crippen LogP contribution in [0.5, 0.6) is 0 Å². The highest BCUT2D eigenvalue weighted by atomic mass is 32.1. The summed E-state index contributed by atoms with van der Waals surface area (Å²) >= 11 is 1.80. The third-order valence-electron chi connectivity index (χ3n) is 3.87. The molecular weight excluding hydrogens is 278 g/mol. The summed E-state index contributed by atoms with van der Waals surface area (Å²) in [6.45, 7) is 5.37. The summed E-state index contributed by atoms with van der Waals surface area (Å²) in [6, 6.07) is 10.8. The minimum Gasteiger partial charge on any atom is -0.305 e. The van der Waals surface area contributed by atoms with E-state index in [-0.39, 0.29) is 6.04 Å². The molecule has 3 aromatic rings. The zero-order valence-electron chi connectivity index (χ0n) is 12.8. The van der Waals surface area contributed by atoms with Gasteiger partial charge in [0.2, 0.25) is 0 Å². The normalized spacial score (nSPS) is 12.9. The fourth-order valence-corrected chi connectivity index (χ4v) is 3.53. The van der Waals surface area contributed by atoms with E-state index >= 15 is 0 Å². The first-order valence-electron chi connectivity index (χ1n) is 7.41. The number of aryl methyl sites for hydroxylation is 2. The van der Waals surface area contributed by atoms with Gasteiger partial charge in [-0.3, -0.25) is 4.68 Å². The zero-order valence-corrected chi connectivity index (χ0v) is 13.6. The summed E-state index contributed by atoms with van der Waals surface area (Å²) in [5.41, 5.74) is 3.66. The fourth-order valence-electron chi connectivity index (χ4n) is 2.79. The molecule has 1 atom stereocenters. The van der Waals surface area contributed by atoms with Crippen LogP contribution in [-0.4, -0.2) is 16.3 Å². The largest absolute Gasteiger partial charge is 0.305 e. The Hall–Kier alpha value is -1.65. The Kier molecular flexibility index (Phi) is 4.08. The van der Waals surface area contributed by atoms with Crippen molar-refractivity contribution in [1.29, 1.82) is 0 Å². The molecule has 0 saturated carbocycles. The lowest BCUT2D eigenvalue weighted by molar-refractivity contribution is 0.578. The van der Waals surface area contributed by atoms with Crippen molar-refractivity contribution in [2.24, 2.45) is 7.05 Å². The van der Waals surface area contributed by atoms with E-state index in [1.165, 1.54) is 21.3 Å². The lowest BCUT2D eigenvalue weighted by atomic mass is 10.0. The molecule has 1 unspecified atom stereocenters. The van der Waals surface area contributed by atoms with E-state index in [0.29, 0.717) is 0 Å². The molecule has 0 bridgehead atoms. The van der Waals surface area contributed by atoms with E-state index in [9.17, 15) is 0 Å². The van der Waals surface area contributed by atoms with Crippen molar-refractivity contribution >= 4 is 22.2 Å². The van der Waals surface area contributed by atoms with Crippen LogP contribution in [0.2, 0.25) is 0 Å². The molecule has 0 saturated heterocycles. The van der Waals surface area contributed by atoms with Crippen LogP contribution in [0.4, 0.5) is 0 Å². The molecule has 0 aliphatic rings. The van der Waals surface area contributed by atoms with Crippen molar-refractivity contribution < 1.29 is 0 Å². The van der Waals surface area contributed by atoms with E-state index in [1.54, 1.807) is 11.3 Å². The lowest BCUT2D eigenvalue weighted by Crippen LogP contribution is -2.24. The van der Waals surface area contributed by atoms with Crippen LogP contribution in [0.15, 0.2) is 35.7 Å². The molecule has 0 fully saturated rings. The number of hydrogen-bond acceptors (Lipinski definition) is 3. The second-order valence-corrected chi connectivity index (χ2v) is 6.47. The number of rotatable bonds is 5. The average molecular weight is 299 g/mol. The fraction of sp³-hybridized carbons (Fsp3) is 0.353. The Morgan fingerprint density at radius 2 is 2.10 bits per heavy atom. The summed E-state index contributed by atoms with van der Waals surface area (Å²) in [5, 5.41) is 11.9. The zero-order chi connectivity index (χ0) is 14.8. The second-order valence-electron chi connectivity index (χ2n) is 5.35. The number of fused-ring (bicyclic) bond motifs is 1. The molecule has 2 aromatic heterocycles. The van der Waals surface area contributed by atoms with Crippen LogP contribution in [0.1, 0.15) is 35.5 Å². The van der Waals surface area contributed by atoms with Gasteiger partial charge >= 0.3 is 0 Å². The molecule has 0 radical (unpaired) electrons. The van der Waals surface area contributed by atoms with Crippen LogP contribution in [-0.2, 0) is 7.05 Å². The van der Waals surface area contributed by atoms with E-state index in [4.69, 9.17) is 5.10 Å². The summed E-state index contributed by atoms with van der Waals surface area (Å²) in [6.07, 6.45) is 1.12. The first kappa shape index (κ1) is 14.3. The summed E-state index contributed by atoms with van der Waals surface area (Å²) in [4.78, 5) is 1.36. The molecule has 21 heavy (non-hydrogen) atoms. The van der Waals surface area contributed by atoms with Crippen LogP contribution >= 0.6 is 11.3 Å². The van der Waals surface area contributed by atoms with Crippen LogP contribution in [0, 0.1) is 6.92 Å².